The third-order valence-electron chi connectivity index (χ3n) is 5.05. The molecule has 1 aromatic heterocycles. The molecule has 7 nitrogen and oxygen atoms in total. The highest BCUT2D eigenvalue weighted by Crippen LogP contribution is 2.18. The molecule has 0 spiro atoms. The maximum atomic E-state index is 13.1. The van der Waals surface area contributed by atoms with Crippen LogP contribution in [0, 0.1) is 19.7 Å². The SMILES string of the molecule is Cc1ccc(NC(=O)NC(=O)CN(C)CCCc2cc(-c3ccc(F)cc3)n[nH]2)c(C)c1. The van der Waals surface area contributed by atoms with Crippen molar-refractivity contribution in [3.05, 3.63) is 71.2 Å². The quantitative estimate of drug-likeness (QED) is 0.496. The number of imide groups is 1. The highest BCUT2D eigenvalue weighted by atomic mass is 19.1. The molecule has 0 radical (unpaired) electrons. The molecule has 0 bridgehead atoms. The Balaban J connectivity index is 1.39. The van der Waals surface area contributed by atoms with E-state index in [0.29, 0.717) is 12.2 Å². The summed E-state index contributed by atoms with van der Waals surface area (Å²) in [5.74, 6) is -0.644. The molecule has 3 aromatic rings. The molecule has 0 atom stereocenters. The molecule has 0 fully saturated rings. The Labute approximate surface area is 187 Å². The normalized spacial score (nSPS) is 10.9. The number of aromatic amines is 1. The molecule has 8 heteroatoms. The van der Waals surface area contributed by atoms with E-state index in [-0.39, 0.29) is 18.3 Å². The smallest absolute Gasteiger partial charge is 0.307 e. The Morgan fingerprint density at radius 3 is 2.56 bits per heavy atom. The molecule has 0 unspecified atom stereocenters. The summed E-state index contributed by atoms with van der Waals surface area (Å²) in [7, 11) is 1.83. The van der Waals surface area contributed by atoms with Gasteiger partial charge in [0.15, 0.2) is 0 Å². The lowest BCUT2D eigenvalue weighted by Gasteiger charge is -2.16. The number of halogens is 1. The number of H-pyrrole nitrogens is 1. The van der Waals surface area contributed by atoms with Gasteiger partial charge in [0, 0.05) is 16.9 Å². The number of urea groups is 1. The molecular formula is C24H28FN5O2. The first-order valence-electron chi connectivity index (χ1n) is 10.5. The van der Waals surface area contributed by atoms with E-state index < -0.39 is 6.03 Å². The zero-order valence-electron chi connectivity index (χ0n) is 18.5. The van der Waals surface area contributed by atoms with E-state index in [4.69, 9.17) is 0 Å². The maximum absolute atomic E-state index is 13.1. The second kappa shape index (κ2) is 10.7. The lowest BCUT2D eigenvalue weighted by Crippen LogP contribution is -2.41. The number of amides is 3. The van der Waals surface area contributed by atoms with Gasteiger partial charge in [-0.15, -0.1) is 0 Å². The van der Waals surface area contributed by atoms with Gasteiger partial charge in [-0.3, -0.25) is 20.1 Å². The van der Waals surface area contributed by atoms with E-state index in [2.05, 4.69) is 20.8 Å². The zero-order chi connectivity index (χ0) is 23.1. The van der Waals surface area contributed by atoms with Crippen molar-refractivity contribution in [2.75, 3.05) is 25.5 Å². The van der Waals surface area contributed by atoms with E-state index in [0.717, 1.165) is 40.9 Å². The molecule has 0 aliphatic heterocycles. The summed E-state index contributed by atoms with van der Waals surface area (Å²) in [5, 5.41) is 12.3. The van der Waals surface area contributed by atoms with Crippen molar-refractivity contribution >= 4 is 17.6 Å². The lowest BCUT2D eigenvalue weighted by molar-refractivity contribution is -0.120. The number of anilines is 1. The fourth-order valence-corrected chi connectivity index (χ4v) is 3.40. The number of nitrogens with one attached hydrogen (secondary N) is 3. The number of hydrogen-bond acceptors (Lipinski definition) is 4. The van der Waals surface area contributed by atoms with Crippen LogP contribution in [0.2, 0.25) is 0 Å². The molecule has 3 N–H and O–H groups in total. The molecular weight excluding hydrogens is 409 g/mol. The van der Waals surface area contributed by atoms with Gasteiger partial charge in [0.25, 0.3) is 0 Å². The van der Waals surface area contributed by atoms with E-state index >= 15 is 0 Å². The zero-order valence-corrected chi connectivity index (χ0v) is 18.5. The Morgan fingerprint density at radius 1 is 1.09 bits per heavy atom. The molecule has 3 rings (SSSR count). The van der Waals surface area contributed by atoms with Gasteiger partial charge in [-0.25, -0.2) is 9.18 Å². The predicted molar refractivity (Wildman–Crippen MR) is 123 cm³/mol. The van der Waals surface area contributed by atoms with Gasteiger partial charge in [0.1, 0.15) is 5.82 Å². The van der Waals surface area contributed by atoms with Crippen molar-refractivity contribution < 1.29 is 14.0 Å². The van der Waals surface area contributed by atoms with Crippen LogP contribution < -0.4 is 10.6 Å². The van der Waals surface area contributed by atoms with Gasteiger partial charge >= 0.3 is 6.03 Å². The van der Waals surface area contributed by atoms with Crippen molar-refractivity contribution in [2.45, 2.75) is 26.7 Å². The first kappa shape index (κ1) is 23.1. The first-order chi connectivity index (χ1) is 15.3. The summed E-state index contributed by atoms with van der Waals surface area (Å²) >= 11 is 0. The highest BCUT2D eigenvalue weighted by Gasteiger charge is 2.12. The van der Waals surface area contributed by atoms with Gasteiger partial charge in [-0.2, -0.15) is 5.10 Å². The monoisotopic (exact) mass is 437 g/mol. The second-order valence-electron chi connectivity index (χ2n) is 7.95. The van der Waals surface area contributed by atoms with Gasteiger partial charge in [-0.05, 0) is 82.2 Å². The van der Waals surface area contributed by atoms with Crippen molar-refractivity contribution in [1.29, 1.82) is 0 Å². The lowest BCUT2D eigenvalue weighted by atomic mass is 10.1. The number of aryl methyl sites for hydroxylation is 3. The number of carbonyl (C=O) groups is 2. The average molecular weight is 438 g/mol. The summed E-state index contributed by atoms with van der Waals surface area (Å²) < 4.78 is 13.1. The highest BCUT2D eigenvalue weighted by molar-refractivity contribution is 6.02. The summed E-state index contributed by atoms with van der Waals surface area (Å²) in [4.78, 5) is 26.1. The molecule has 0 aliphatic rings. The number of nitrogens with zero attached hydrogens (tertiary/aromatic N) is 2. The number of benzene rings is 2. The van der Waals surface area contributed by atoms with Crippen LogP contribution in [0.1, 0.15) is 23.2 Å². The minimum atomic E-state index is -0.541. The van der Waals surface area contributed by atoms with Crippen LogP contribution in [-0.2, 0) is 11.2 Å². The summed E-state index contributed by atoms with van der Waals surface area (Å²) in [6, 6.07) is 13.3. The molecule has 1 heterocycles. The largest absolute Gasteiger partial charge is 0.325 e. The Kier molecular flexibility index (Phi) is 7.72. The van der Waals surface area contributed by atoms with Crippen LogP contribution in [0.4, 0.5) is 14.9 Å². The van der Waals surface area contributed by atoms with Crippen LogP contribution in [-0.4, -0.2) is 47.2 Å². The van der Waals surface area contributed by atoms with Crippen LogP contribution in [0.15, 0.2) is 48.5 Å². The van der Waals surface area contributed by atoms with Crippen molar-refractivity contribution in [3.63, 3.8) is 0 Å². The molecule has 32 heavy (non-hydrogen) atoms. The Bertz CT molecular complexity index is 1080. The summed E-state index contributed by atoms with van der Waals surface area (Å²) in [6.07, 6.45) is 1.57. The van der Waals surface area contributed by atoms with Crippen LogP contribution in [0.3, 0.4) is 0 Å². The first-order valence-corrected chi connectivity index (χ1v) is 10.5. The van der Waals surface area contributed by atoms with Crippen LogP contribution in [0.5, 0.6) is 0 Å². The fraction of sp³-hybridized carbons (Fsp3) is 0.292. The summed E-state index contributed by atoms with van der Waals surface area (Å²) in [5.41, 5.74) is 5.30. The van der Waals surface area contributed by atoms with E-state index in [9.17, 15) is 14.0 Å². The minimum absolute atomic E-state index is 0.115. The number of hydrogen-bond donors (Lipinski definition) is 3. The van der Waals surface area contributed by atoms with E-state index in [1.165, 1.54) is 12.1 Å². The number of likely N-dealkylation sites (N-methyl/N-ethyl adjacent to an activating group) is 1. The standard InChI is InChI=1S/C24H28FN5O2/c1-16-6-11-21(17(2)13-16)26-24(32)27-23(31)15-30(3)12-4-5-20-14-22(29-28-20)18-7-9-19(25)10-8-18/h6-11,13-14H,4-5,12,15H2,1-3H3,(H,28,29)(H2,26,27,31,32). The molecule has 0 saturated heterocycles. The van der Waals surface area contributed by atoms with Crippen LogP contribution >= 0.6 is 0 Å². The van der Waals surface area contributed by atoms with Crippen molar-refractivity contribution in [3.8, 4) is 11.3 Å². The van der Waals surface area contributed by atoms with Gasteiger partial charge < -0.3 is 5.32 Å². The number of carbonyl (C=O) groups excluding carboxylic acids is 2. The van der Waals surface area contributed by atoms with Crippen molar-refractivity contribution in [1.82, 2.24) is 20.4 Å². The Morgan fingerprint density at radius 2 is 1.84 bits per heavy atom. The maximum Gasteiger partial charge on any atom is 0.325 e. The number of aromatic nitrogens is 2. The van der Waals surface area contributed by atoms with E-state index in [1.54, 1.807) is 12.1 Å². The minimum Gasteiger partial charge on any atom is -0.307 e. The van der Waals surface area contributed by atoms with E-state index in [1.807, 2.05) is 50.1 Å². The van der Waals surface area contributed by atoms with Gasteiger partial charge in [0.2, 0.25) is 5.91 Å². The molecule has 3 amide bonds. The molecule has 2 aromatic carbocycles. The van der Waals surface area contributed by atoms with Gasteiger partial charge in [-0.1, -0.05) is 17.7 Å². The van der Waals surface area contributed by atoms with Crippen molar-refractivity contribution in [2.24, 2.45) is 0 Å². The average Bonchev–Trinajstić information content (AvgIpc) is 3.19. The second-order valence-corrected chi connectivity index (χ2v) is 7.95. The molecule has 0 aliphatic carbocycles. The third-order valence-corrected chi connectivity index (χ3v) is 5.05. The van der Waals surface area contributed by atoms with Gasteiger partial charge in [0.05, 0.1) is 12.2 Å². The topological polar surface area (TPSA) is 90.1 Å². The number of rotatable bonds is 8. The molecule has 0 saturated carbocycles. The third kappa shape index (κ3) is 6.75. The summed E-state index contributed by atoms with van der Waals surface area (Å²) in [6.45, 7) is 4.68. The molecule has 168 valence electrons. The van der Waals surface area contributed by atoms with Crippen LogP contribution in [0.25, 0.3) is 11.3 Å². The predicted octanol–water partition coefficient (Wildman–Crippen LogP) is 4.05. The fourth-order valence-electron chi connectivity index (χ4n) is 3.40. The Hall–Kier alpha value is -3.52.